The number of halogens is 5. The van der Waals surface area contributed by atoms with Crippen molar-refractivity contribution in [2.75, 3.05) is 0 Å². The Hall–Kier alpha value is 1.23. The van der Waals surface area contributed by atoms with E-state index in [0.717, 1.165) is 17.4 Å². The van der Waals surface area contributed by atoms with Crippen LogP contribution in [-0.4, -0.2) is 17.7 Å². The first kappa shape index (κ1) is 36.6. The van der Waals surface area contributed by atoms with Crippen molar-refractivity contribution in [2.24, 2.45) is 5.16 Å². The fourth-order valence-corrected chi connectivity index (χ4v) is 1.47. The molecule has 2 rings (SSSR count). The third-order valence-electron chi connectivity index (χ3n) is 2.41. The molecule has 0 heterocycles. The van der Waals surface area contributed by atoms with E-state index in [1.165, 1.54) is 6.21 Å². The minimum atomic E-state index is 0.529. The fourth-order valence-electron chi connectivity index (χ4n) is 1.47. The number of carbonyl (C=O) groups is 1. The molecule has 2 aromatic rings. The van der Waals surface area contributed by atoms with Crippen LogP contribution in [0.3, 0.4) is 0 Å². The van der Waals surface area contributed by atoms with Crippen LogP contribution in [0.2, 0.25) is 0 Å². The first-order valence-electron chi connectivity index (χ1n) is 8.47. The molecule has 3 nitrogen and oxygen atoms in total. The van der Waals surface area contributed by atoms with Crippen molar-refractivity contribution in [3.05, 3.63) is 71.8 Å². The van der Waals surface area contributed by atoms with Crippen LogP contribution in [0, 0.1) is 0 Å². The summed E-state index contributed by atoms with van der Waals surface area (Å²) < 4.78 is 0. The second kappa shape index (κ2) is 38.8. The van der Waals surface area contributed by atoms with Crippen LogP contribution >= 0.6 is 74.5 Å². The summed E-state index contributed by atoms with van der Waals surface area (Å²) in [5.74, 6) is 0. The largest absolute Gasteiger partial charge is 0.411 e. The van der Waals surface area contributed by atoms with E-state index < -0.39 is 0 Å². The normalized spacial score (nSPS) is 8.00. The minimum Gasteiger partial charge on any atom is -0.411 e. The Balaban J connectivity index is -0.000000147. The van der Waals surface area contributed by atoms with Gasteiger partial charge in [-0.2, -0.15) is 0 Å². The van der Waals surface area contributed by atoms with E-state index in [4.69, 9.17) is 5.21 Å². The molecule has 162 valence electrons. The molecule has 0 radical (unpaired) electrons. The van der Waals surface area contributed by atoms with Crippen molar-refractivity contribution in [3.8, 4) is 0 Å². The molecule has 0 bridgehead atoms. The molecule has 0 atom stereocenters. The van der Waals surface area contributed by atoms with Gasteiger partial charge >= 0.3 is 50.5 Å². The van der Waals surface area contributed by atoms with Gasteiger partial charge in [0.25, 0.3) is 0 Å². The predicted octanol–water partition coefficient (Wildman–Crippen LogP) is 5.72. The summed E-state index contributed by atoms with van der Waals surface area (Å²) in [7, 11) is 0. The Labute approximate surface area is 224 Å². The van der Waals surface area contributed by atoms with Gasteiger partial charge in [0.2, 0.25) is 0 Å². The number of rotatable bonds is 4. The van der Waals surface area contributed by atoms with E-state index in [1.54, 1.807) is 0 Å². The Bertz CT molecular complexity index is 515. The number of benzene rings is 2. The van der Waals surface area contributed by atoms with Crippen LogP contribution in [0.5, 0.6) is 0 Å². The van der Waals surface area contributed by atoms with Crippen LogP contribution in [0.15, 0.2) is 65.8 Å². The van der Waals surface area contributed by atoms with Gasteiger partial charge < -0.3 is 10.0 Å². The van der Waals surface area contributed by atoms with Crippen LogP contribution in [0.25, 0.3) is 0 Å². The monoisotopic (exact) mass is 950 g/mol. The van der Waals surface area contributed by atoms with E-state index in [1.807, 2.05) is 88.4 Å². The minimum absolute atomic E-state index is 0.529. The van der Waals surface area contributed by atoms with E-state index in [-0.39, 0.29) is 0 Å². The second-order valence-electron chi connectivity index (χ2n) is 3.90. The molecular weight excluding hydrogens is 921 g/mol. The third-order valence-corrected chi connectivity index (χ3v) is 2.41. The van der Waals surface area contributed by atoms with Crippen LogP contribution in [0.4, 0.5) is 0 Å². The molecule has 1 N–H and O–H groups in total. The quantitative estimate of drug-likeness (QED) is 0.141. The molecule has 0 fully saturated rings. The Morgan fingerprint density at radius 3 is 1.43 bits per heavy atom. The maximum Gasteiger partial charge on any atom is 0.124 e. The predicted molar refractivity (Wildman–Crippen MR) is 155 cm³/mol. The van der Waals surface area contributed by atoms with Gasteiger partial charge in [0.1, 0.15) is 6.29 Å². The van der Waals surface area contributed by atoms with Gasteiger partial charge in [0, 0.05) is 56.3 Å². The van der Waals surface area contributed by atoms with Gasteiger partial charge in [-0.1, -0.05) is 88.4 Å². The number of hydrogen-bond donors (Lipinski definition) is 1. The van der Waals surface area contributed by atoms with Crippen LogP contribution in [-0.2, 0) is 17.6 Å². The molecule has 28 heavy (non-hydrogen) atoms. The van der Waals surface area contributed by atoms with Crippen molar-refractivity contribution in [1.29, 1.82) is 0 Å². The van der Waals surface area contributed by atoms with Gasteiger partial charge in [-0.15, -0.1) is 5.16 Å². The zero-order valence-electron chi connectivity index (χ0n) is 16.5. The zero-order chi connectivity index (χ0) is 22.5. The Morgan fingerprint density at radius 1 is 0.821 bits per heavy atom. The second-order valence-corrected chi connectivity index (χ2v) is 20.1. The molecule has 0 aliphatic carbocycles. The average molecular weight is 950 g/mol. The maximum absolute atomic E-state index is 9.97. The standard InChI is InChI=1S/C8H9NO.C8H8O.2C2H6.I3.I2/c10-9-7-6-8-4-2-1-3-5-8;9-7-6-8-4-2-1-3-5-8;2*1-2;1-3-2;1-2/h1-5,7,10H,6H2;1-5,7H,6H2;2*1-2H3;;/q;;;;-1;. The molecule has 0 saturated heterocycles. The molecule has 0 spiro atoms. The number of oxime groups is 1. The van der Waals surface area contributed by atoms with Gasteiger partial charge in [-0.25, -0.2) is 0 Å². The summed E-state index contributed by atoms with van der Waals surface area (Å²) in [4.78, 5) is 9.97. The summed E-state index contributed by atoms with van der Waals surface area (Å²) in [6.07, 6.45) is 3.60. The number of nitrogens with zero attached hydrogens (tertiary/aromatic N) is 1. The maximum atomic E-state index is 9.97. The fraction of sp³-hybridized carbons (Fsp3) is 0.300. The zero-order valence-corrected chi connectivity index (χ0v) is 27.3. The molecule has 8 heteroatoms. The number of aldehydes is 1. The average Bonchev–Trinajstić information content (AvgIpc) is 2.79. The SMILES string of the molecule is CC.CC.II.I[I-]I.O=CCc1ccccc1.ON=CCc1ccccc1. The molecule has 2 aromatic carbocycles. The first-order valence-corrected chi connectivity index (χ1v) is 27.3. The van der Waals surface area contributed by atoms with Gasteiger partial charge in [0.05, 0.1) is 0 Å². The van der Waals surface area contributed by atoms with Crippen molar-refractivity contribution in [2.45, 2.75) is 40.5 Å². The summed E-state index contributed by atoms with van der Waals surface area (Å²) in [5, 5.41) is 11.0. The molecule has 0 aromatic heterocycles. The smallest absolute Gasteiger partial charge is 0.124 e. The summed E-state index contributed by atoms with van der Waals surface area (Å²) >= 11 is 9.54. The third kappa shape index (κ3) is 31.9. The summed E-state index contributed by atoms with van der Waals surface area (Å²) in [6, 6.07) is 19.5. The van der Waals surface area contributed by atoms with E-state index in [0.29, 0.717) is 26.1 Å². The van der Waals surface area contributed by atoms with Crippen molar-refractivity contribution >= 4 is 87.0 Å². The Morgan fingerprint density at radius 2 is 1.14 bits per heavy atom. The van der Waals surface area contributed by atoms with E-state index in [9.17, 15) is 4.79 Å². The number of carbonyl (C=O) groups excluding carboxylic acids is 1. The van der Waals surface area contributed by atoms with Crippen molar-refractivity contribution in [1.82, 2.24) is 0 Å². The number of hydrogen-bond acceptors (Lipinski definition) is 3. The van der Waals surface area contributed by atoms with Crippen molar-refractivity contribution in [3.63, 3.8) is 0 Å². The Kier molecular flexibility index (Phi) is 50.7. The summed E-state index contributed by atoms with van der Waals surface area (Å²) in [5.41, 5.74) is 2.23. The summed E-state index contributed by atoms with van der Waals surface area (Å²) in [6.45, 7) is 8.00. The molecule has 0 amide bonds. The van der Waals surface area contributed by atoms with E-state index in [2.05, 4.69) is 79.6 Å². The first-order chi connectivity index (χ1) is 13.8. The van der Waals surface area contributed by atoms with Crippen LogP contribution in [0.1, 0.15) is 38.8 Å². The van der Waals surface area contributed by atoms with Crippen LogP contribution < -0.4 is 13.3 Å². The molecule has 0 aliphatic rings. The molecule has 0 unspecified atom stereocenters. The molecular formula is C20H29I5NO2-. The van der Waals surface area contributed by atoms with Gasteiger partial charge in [-0.05, 0) is 11.1 Å². The molecule has 0 aliphatic heterocycles. The van der Waals surface area contributed by atoms with Gasteiger partial charge in [-0.3, -0.25) is 0 Å². The topological polar surface area (TPSA) is 49.7 Å². The van der Waals surface area contributed by atoms with Crippen molar-refractivity contribution < 1.29 is 23.3 Å². The molecule has 0 saturated carbocycles. The van der Waals surface area contributed by atoms with Gasteiger partial charge in [0.15, 0.2) is 0 Å². The van der Waals surface area contributed by atoms with E-state index >= 15 is 0 Å².